The van der Waals surface area contributed by atoms with Crippen LogP contribution in [-0.4, -0.2) is 5.75 Å². The number of fused-ring (bicyclic) bond motifs is 1. The van der Waals surface area contributed by atoms with Crippen molar-refractivity contribution >= 4 is 22.5 Å². The number of thioether (sulfide) groups is 1. The van der Waals surface area contributed by atoms with Gasteiger partial charge in [0.2, 0.25) is 0 Å². The molecule has 1 nitrogen and oxygen atoms in total. The Bertz CT molecular complexity index is 757. The van der Waals surface area contributed by atoms with Crippen LogP contribution < -0.4 is 5.73 Å². The average molecular weight is 297 g/mol. The van der Waals surface area contributed by atoms with E-state index in [1.54, 1.807) is 17.8 Å². The van der Waals surface area contributed by atoms with Gasteiger partial charge in [0.25, 0.3) is 0 Å². The van der Waals surface area contributed by atoms with Gasteiger partial charge in [0.05, 0.1) is 0 Å². The van der Waals surface area contributed by atoms with Gasteiger partial charge in [0, 0.05) is 16.7 Å². The highest BCUT2D eigenvalue weighted by Gasteiger charge is 2.08. The molecule has 0 aliphatic heterocycles. The van der Waals surface area contributed by atoms with Crippen molar-refractivity contribution in [3.05, 3.63) is 78.1 Å². The molecule has 0 aliphatic carbocycles. The summed E-state index contributed by atoms with van der Waals surface area (Å²) >= 11 is 1.70. The minimum absolute atomic E-state index is 0.169. The topological polar surface area (TPSA) is 26.0 Å². The summed E-state index contributed by atoms with van der Waals surface area (Å²) in [6.45, 7) is 0. The fraction of sp³-hybridized carbons (Fsp3) is 0.111. The molecule has 3 rings (SSSR count). The summed E-state index contributed by atoms with van der Waals surface area (Å²) in [4.78, 5) is 1.18. The summed E-state index contributed by atoms with van der Waals surface area (Å²) < 4.78 is 13.2. The molecule has 0 heterocycles. The van der Waals surface area contributed by atoms with Crippen LogP contribution in [-0.2, 0) is 0 Å². The number of benzene rings is 3. The van der Waals surface area contributed by atoms with Crippen molar-refractivity contribution in [1.82, 2.24) is 0 Å². The lowest BCUT2D eigenvalue weighted by molar-refractivity contribution is 0.622. The van der Waals surface area contributed by atoms with Crippen molar-refractivity contribution in [2.75, 3.05) is 5.75 Å². The molecule has 0 saturated carbocycles. The largest absolute Gasteiger partial charge is 0.323 e. The van der Waals surface area contributed by atoms with E-state index in [9.17, 15) is 4.39 Å². The smallest absolute Gasteiger partial charge is 0.123 e. The lowest BCUT2D eigenvalue weighted by Gasteiger charge is -2.12. The van der Waals surface area contributed by atoms with Crippen LogP contribution in [0.4, 0.5) is 4.39 Å². The zero-order valence-electron chi connectivity index (χ0n) is 11.5. The third-order valence-electron chi connectivity index (χ3n) is 3.43. The van der Waals surface area contributed by atoms with E-state index in [1.165, 1.54) is 27.8 Å². The van der Waals surface area contributed by atoms with Crippen LogP contribution in [0.2, 0.25) is 0 Å². The Morgan fingerprint density at radius 3 is 2.52 bits per heavy atom. The summed E-state index contributed by atoms with van der Waals surface area (Å²) in [7, 11) is 0. The maximum absolute atomic E-state index is 13.2. The van der Waals surface area contributed by atoms with E-state index < -0.39 is 0 Å². The van der Waals surface area contributed by atoms with Crippen molar-refractivity contribution in [3.63, 3.8) is 0 Å². The van der Waals surface area contributed by atoms with Gasteiger partial charge in [0.15, 0.2) is 0 Å². The zero-order chi connectivity index (χ0) is 14.7. The summed E-state index contributed by atoms with van der Waals surface area (Å²) in [5, 5.41) is 2.46. The molecule has 1 unspecified atom stereocenters. The van der Waals surface area contributed by atoms with Crippen molar-refractivity contribution in [1.29, 1.82) is 0 Å². The Morgan fingerprint density at radius 1 is 0.905 bits per heavy atom. The predicted octanol–water partition coefficient (Wildman–Crippen LogP) is 4.77. The average Bonchev–Trinajstić information content (AvgIpc) is 2.52. The van der Waals surface area contributed by atoms with Crippen molar-refractivity contribution in [3.8, 4) is 0 Å². The van der Waals surface area contributed by atoms with Gasteiger partial charge in [-0.25, -0.2) is 4.39 Å². The van der Waals surface area contributed by atoms with Gasteiger partial charge >= 0.3 is 0 Å². The number of rotatable bonds is 4. The number of halogens is 1. The van der Waals surface area contributed by atoms with E-state index in [1.807, 2.05) is 18.2 Å². The molecule has 0 saturated heterocycles. The van der Waals surface area contributed by atoms with Gasteiger partial charge in [0.1, 0.15) is 5.82 Å². The Hall–Kier alpha value is -1.84. The molecule has 0 aromatic heterocycles. The monoisotopic (exact) mass is 297 g/mol. The van der Waals surface area contributed by atoms with Gasteiger partial charge in [-0.05, 0) is 40.6 Å². The molecule has 0 spiro atoms. The van der Waals surface area contributed by atoms with Crippen LogP contribution in [0.15, 0.2) is 71.6 Å². The first-order valence-corrected chi connectivity index (χ1v) is 7.83. The Labute approximate surface area is 128 Å². The standard InChI is InChI=1S/C18H16FNS/c19-16-7-3-6-15(10-16)18(20)12-21-17-9-8-13-4-1-2-5-14(13)11-17/h1-11,18H,12,20H2. The van der Waals surface area contributed by atoms with E-state index in [0.29, 0.717) is 0 Å². The van der Waals surface area contributed by atoms with E-state index in [4.69, 9.17) is 5.73 Å². The first-order valence-electron chi connectivity index (χ1n) is 6.85. The molecule has 0 radical (unpaired) electrons. The quantitative estimate of drug-likeness (QED) is 0.702. The molecular formula is C18H16FNS. The minimum atomic E-state index is -0.237. The second-order valence-corrected chi connectivity index (χ2v) is 6.07. The van der Waals surface area contributed by atoms with Gasteiger partial charge < -0.3 is 5.73 Å². The van der Waals surface area contributed by atoms with E-state index >= 15 is 0 Å². The Balaban J connectivity index is 1.71. The molecule has 0 aliphatic rings. The Morgan fingerprint density at radius 2 is 1.71 bits per heavy atom. The lowest BCUT2D eigenvalue weighted by Crippen LogP contribution is -2.13. The van der Waals surface area contributed by atoms with Crippen molar-refractivity contribution < 1.29 is 4.39 Å². The van der Waals surface area contributed by atoms with E-state index in [2.05, 4.69) is 30.3 Å². The van der Waals surface area contributed by atoms with Gasteiger partial charge in [-0.15, -0.1) is 11.8 Å². The molecule has 21 heavy (non-hydrogen) atoms. The predicted molar refractivity (Wildman–Crippen MR) is 88.0 cm³/mol. The van der Waals surface area contributed by atoms with Crippen LogP contribution >= 0.6 is 11.8 Å². The maximum Gasteiger partial charge on any atom is 0.123 e. The van der Waals surface area contributed by atoms with Crippen LogP contribution in [0.25, 0.3) is 10.8 Å². The fourth-order valence-electron chi connectivity index (χ4n) is 2.28. The second-order valence-electron chi connectivity index (χ2n) is 4.98. The lowest BCUT2D eigenvalue weighted by atomic mass is 10.1. The number of hydrogen-bond donors (Lipinski definition) is 1. The highest BCUT2D eigenvalue weighted by Crippen LogP contribution is 2.26. The molecule has 3 aromatic carbocycles. The number of hydrogen-bond acceptors (Lipinski definition) is 2. The van der Waals surface area contributed by atoms with Gasteiger partial charge in [-0.2, -0.15) is 0 Å². The van der Waals surface area contributed by atoms with Crippen LogP contribution in [0.3, 0.4) is 0 Å². The summed E-state index contributed by atoms with van der Waals surface area (Å²) in [6, 6.07) is 21.0. The van der Waals surface area contributed by atoms with Crippen LogP contribution in [0.1, 0.15) is 11.6 Å². The van der Waals surface area contributed by atoms with E-state index in [-0.39, 0.29) is 11.9 Å². The first-order chi connectivity index (χ1) is 10.2. The molecule has 3 heteroatoms. The number of nitrogens with two attached hydrogens (primary N) is 1. The van der Waals surface area contributed by atoms with Crippen LogP contribution in [0.5, 0.6) is 0 Å². The molecule has 0 bridgehead atoms. The van der Waals surface area contributed by atoms with Crippen molar-refractivity contribution in [2.45, 2.75) is 10.9 Å². The highest BCUT2D eigenvalue weighted by molar-refractivity contribution is 7.99. The third kappa shape index (κ3) is 3.43. The SMILES string of the molecule is NC(CSc1ccc2ccccc2c1)c1cccc(F)c1. The zero-order valence-corrected chi connectivity index (χ0v) is 12.3. The molecule has 3 aromatic rings. The van der Waals surface area contributed by atoms with Crippen LogP contribution in [0, 0.1) is 5.82 Å². The normalized spacial score (nSPS) is 12.5. The molecule has 1 atom stereocenters. The Kier molecular flexibility index (Phi) is 4.23. The van der Waals surface area contributed by atoms with E-state index in [0.717, 1.165) is 11.3 Å². The molecule has 0 amide bonds. The maximum atomic E-state index is 13.2. The molecule has 106 valence electrons. The summed E-state index contributed by atoms with van der Waals surface area (Å²) in [6.07, 6.45) is 0. The summed E-state index contributed by atoms with van der Waals surface area (Å²) in [5.41, 5.74) is 6.97. The molecule has 0 fully saturated rings. The fourth-order valence-corrected chi connectivity index (χ4v) is 3.22. The third-order valence-corrected chi connectivity index (χ3v) is 4.54. The molecule has 2 N–H and O–H groups in total. The van der Waals surface area contributed by atoms with Gasteiger partial charge in [-0.3, -0.25) is 0 Å². The minimum Gasteiger partial charge on any atom is -0.323 e. The second kappa shape index (κ2) is 6.29. The molecular weight excluding hydrogens is 281 g/mol. The summed E-state index contributed by atoms with van der Waals surface area (Å²) in [5.74, 6) is 0.487. The highest BCUT2D eigenvalue weighted by atomic mass is 32.2. The van der Waals surface area contributed by atoms with Crippen molar-refractivity contribution in [2.24, 2.45) is 5.73 Å². The van der Waals surface area contributed by atoms with Gasteiger partial charge in [-0.1, -0.05) is 42.5 Å². The first kappa shape index (κ1) is 14.1.